The number of nitrogens with zero attached hydrogens (tertiary/aromatic N) is 1. The second kappa shape index (κ2) is 6.35. The highest BCUT2D eigenvalue weighted by Gasteiger charge is 2.08. The fourth-order valence-electron chi connectivity index (χ4n) is 2.11. The van der Waals surface area contributed by atoms with E-state index in [1.54, 1.807) is 26.0 Å². The molecule has 110 valence electrons. The summed E-state index contributed by atoms with van der Waals surface area (Å²) in [4.78, 5) is 35.6. The van der Waals surface area contributed by atoms with Gasteiger partial charge >= 0.3 is 0 Å². The first-order chi connectivity index (χ1) is 10.0. The lowest BCUT2D eigenvalue weighted by Gasteiger charge is -2.07. The second-order valence-electron chi connectivity index (χ2n) is 5.04. The SMILES string of the molecule is Cc1c(C)c(=O)n(CCCC(=O)c2ccccc2)[nH]c1=O. The molecule has 0 aliphatic carbocycles. The lowest BCUT2D eigenvalue weighted by molar-refractivity contribution is 0.0978. The predicted octanol–water partition coefficient (Wildman–Crippen LogP) is 1.82. The molecule has 2 aromatic rings. The summed E-state index contributed by atoms with van der Waals surface area (Å²) < 4.78 is 1.28. The topological polar surface area (TPSA) is 71.9 Å². The summed E-state index contributed by atoms with van der Waals surface area (Å²) in [7, 11) is 0. The van der Waals surface area contributed by atoms with Crippen molar-refractivity contribution in [3.8, 4) is 0 Å². The normalized spacial score (nSPS) is 10.6. The average molecular weight is 286 g/mol. The highest BCUT2D eigenvalue weighted by molar-refractivity contribution is 5.95. The fourth-order valence-corrected chi connectivity index (χ4v) is 2.11. The largest absolute Gasteiger partial charge is 0.294 e. The van der Waals surface area contributed by atoms with Gasteiger partial charge in [-0.3, -0.25) is 24.2 Å². The maximum atomic E-state index is 12.0. The zero-order chi connectivity index (χ0) is 15.4. The number of rotatable bonds is 5. The number of benzene rings is 1. The summed E-state index contributed by atoms with van der Waals surface area (Å²) in [5.41, 5.74) is 1.09. The van der Waals surface area contributed by atoms with Crippen molar-refractivity contribution >= 4 is 5.78 Å². The molecule has 0 aliphatic rings. The number of aryl methyl sites for hydroxylation is 1. The van der Waals surface area contributed by atoms with Crippen LogP contribution in [-0.2, 0) is 6.54 Å². The molecule has 0 bridgehead atoms. The molecule has 0 atom stereocenters. The Morgan fingerprint density at radius 1 is 1.10 bits per heavy atom. The van der Waals surface area contributed by atoms with E-state index < -0.39 is 0 Å². The van der Waals surface area contributed by atoms with Crippen LogP contribution in [0.2, 0.25) is 0 Å². The first-order valence-corrected chi connectivity index (χ1v) is 6.89. The molecule has 0 amide bonds. The van der Waals surface area contributed by atoms with E-state index in [1.807, 2.05) is 18.2 Å². The van der Waals surface area contributed by atoms with E-state index in [1.165, 1.54) is 4.68 Å². The van der Waals surface area contributed by atoms with Gasteiger partial charge in [-0.1, -0.05) is 30.3 Å². The minimum Gasteiger partial charge on any atom is -0.294 e. The average Bonchev–Trinajstić information content (AvgIpc) is 2.51. The van der Waals surface area contributed by atoms with E-state index >= 15 is 0 Å². The third-order valence-electron chi connectivity index (χ3n) is 3.59. The Balaban J connectivity index is 2.03. The molecular formula is C16H18N2O3. The lowest BCUT2D eigenvalue weighted by atomic mass is 10.1. The Labute approximate surface area is 122 Å². The molecule has 0 aliphatic heterocycles. The summed E-state index contributed by atoms with van der Waals surface area (Å²) in [6, 6.07) is 9.03. The molecule has 1 aromatic carbocycles. The van der Waals surface area contributed by atoms with Crippen LogP contribution in [0.3, 0.4) is 0 Å². The molecule has 0 radical (unpaired) electrons. The van der Waals surface area contributed by atoms with E-state index in [-0.39, 0.29) is 16.9 Å². The molecule has 0 unspecified atom stereocenters. The lowest BCUT2D eigenvalue weighted by Crippen LogP contribution is -2.33. The second-order valence-corrected chi connectivity index (χ2v) is 5.04. The monoisotopic (exact) mass is 286 g/mol. The molecule has 21 heavy (non-hydrogen) atoms. The van der Waals surface area contributed by atoms with Crippen molar-refractivity contribution in [3.05, 3.63) is 67.7 Å². The van der Waals surface area contributed by atoms with Crippen LogP contribution < -0.4 is 11.1 Å². The number of carbonyl (C=O) groups is 1. The Morgan fingerprint density at radius 3 is 2.43 bits per heavy atom. The van der Waals surface area contributed by atoms with Gasteiger partial charge in [-0.15, -0.1) is 0 Å². The van der Waals surface area contributed by atoms with E-state index in [9.17, 15) is 14.4 Å². The summed E-state index contributed by atoms with van der Waals surface area (Å²) in [5, 5.41) is 2.54. The first-order valence-electron chi connectivity index (χ1n) is 6.89. The molecular weight excluding hydrogens is 268 g/mol. The fraction of sp³-hybridized carbons (Fsp3) is 0.312. The highest BCUT2D eigenvalue weighted by Crippen LogP contribution is 2.05. The molecule has 5 nitrogen and oxygen atoms in total. The molecule has 0 saturated carbocycles. The highest BCUT2D eigenvalue weighted by atomic mass is 16.2. The Kier molecular flexibility index (Phi) is 4.52. The Bertz CT molecular complexity index is 757. The minimum atomic E-state index is -0.263. The minimum absolute atomic E-state index is 0.0369. The molecule has 0 fully saturated rings. The number of aromatic nitrogens is 2. The smallest absolute Gasteiger partial charge is 0.268 e. The van der Waals surface area contributed by atoms with E-state index in [4.69, 9.17) is 0 Å². The molecule has 1 heterocycles. The predicted molar refractivity (Wildman–Crippen MR) is 80.8 cm³/mol. The van der Waals surface area contributed by atoms with Gasteiger partial charge in [-0.05, 0) is 20.3 Å². The summed E-state index contributed by atoms with van der Waals surface area (Å²) >= 11 is 0. The van der Waals surface area contributed by atoms with Crippen molar-refractivity contribution in [2.24, 2.45) is 0 Å². The maximum Gasteiger partial charge on any atom is 0.268 e. The summed E-state index contributed by atoms with van der Waals surface area (Å²) in [6.45, 7) is 3.59. The van der Waals surface area contributed by atoms with E-state index in [2.05, 4.69) is 5.10 Å². The van der Waals surface area contributed by atoms with Crippen LogP contribution in [-0.4, -0.2) is 15.6 Å². The number of nitrogens with one attached hydrogen (secondary N) is 1. The van der Waals surface area contributed by atoms with Crippen molar-refractivity contribution in [3.63, 3.8) is 0 Å². The van der Waals surface area contributed by atoms with Gasteiger partial charge < -0.3 is 0 Å². The molecule has 1 aromatic heterocycles. The van der Waals surface area contributed by atoms with Gasteiger partial charge in [-0.2, -0.15) is 0 Å². The number of hydrogen-bond donors (Lipinski definition) is 1. The van der Waals surface area contributed by atoms with Crippen LogP contribution in [0.25, 0.3) is 0 Å². The number of H-pyrrole nitrogens is 1. The number of carbonyl (C=O) groups excluding carboxylic acids is 1. The van der Waals surface area contributed by atoms with Crippen LogP contribution >= 0.6 is 0 Å². The van der Waals surface area contributed by atoms with Gasteiger partial charge in [-0.25, -0.2) is 0 Å². The third-order valence-corrected chi connectivity index (χ3v) is 3.59. The van der Waals surface area contributed by atoms with Gasteiger partial charge in [0.25, 0.3) is 11.1 Å². The standard InChI is InChI=1S/C16H18N2O3/c1-11-12(2)16(21)18(17-15(11)20)10-6-9-14(19)13-7-4-3-5-8-13/h3-5,7-8H,6,9-10H2,1-2H3,(H,17,20). The van der Waals surface area contributed by atoms with Crippen molar-refractivity contribution in [1.29, 1.82) is 0 Å². The Morgan fingerprint density at radius 2 is 1.76 bits per heavy atom. The number of hydrogen-bond acceptors (Lipinski definition) is 3. The van der Waals surface area contributed by atoms with Crippen molar-refractivity contribution in [2.75, 3.05) is 0 Å². The zero-order valence-corrected chi connectivity index (χ0v) is 12.2. The van der Waals surface area contributed by atoms with E-state index in [0.29, 0.717) is 36.1 Å². The van der Waals surface area contributed by atoms with Gasteiger partial charge in [0.15, 0.2) is 5.78 Å². The van der Waals surface area contributed by atoms with E-state index in [0.717, 1.165) is 0 Å². The quantitative estimate of drug-likeness (QED) is 0.852. The third kappa shape index (κ3) is 3.37. The van der Waals surface area contributed by atoms with Crippen molar-refractivity contribution in [1.82, 2.24) is 9.78 Å². The Hall–Kier alpha value is -2.43. The maximum absolute atomic E-state index is 12.0. The van der Waals surface area contributed by atoms with Gasteiger partial charge in [0.05, 0.1) is 0 Å². The molecule has 2 rings (SSSR count). The summed E-state index contributed by atoms with van der Waals surface area (Å²) in [6.07, 6.45) is 0.845. The van der Waals surface area contributed by atoms with Crippen molar-refractivity contribution in [2.45, 2.75) is 33.2 Å². The molecule has 1 N–H and O–H groups in total. The van der Waals surface area contributed by atoms with Gasteiger partial charge in [0, 0.05) is 29.7 Å². The number of aromatic amines is 1. The molecule has 0 saturated heterocycles. The van der Waals surface area contributed by atoms with Crippen LogP contribution in [0, 0.1) is 13.8 Å². The van der Waals surface area contributed by atoms with Crippen LogP contribution in [0.5, 0.6) is 0 Å². The first kappa shape index (κ1) is 15.0. The molecule has 5 heteroatoms. The van der Waals surface area contributed by atoms with Crippen LogP contribution in [0.1, 0.15) is 34.3 Å². The number of Topliss-reactive ketones (excluding diaryl/α,β-unsaturated/α-hetero) is 1. The van der Waals surface area contributed by atoms with Gasteiger partial charge in [0.1, 0.15) is 0 Å². The van der Waals surface area contributed by atoms with Crippen LogP contribution in [0.4, 0.5) is 0 Å². The van der Waals surface area contributed by atoms with Gasteiger partial charge in [0.2, 0.25) is 0 Å². The zero-order valence-electron chi connectivity index (χ0n) is 12.2. The van der Waals surface area contributed by atoms with Crippen LogP contribution in [0.15, 0.2) is 39.9 Å². The number of ketones is 1. The molecule has 0 spiro atoms. The van der Waals surface area contributed by atoms with Crippen molar-refractivity contribution < 1.29 is 4.79 Å². The summed E-state index contributed by atoms with van der Waals surface area (Å²) in [5.74, 6) is 0.0369.